The van der Waals surface area contributed by atoms with Gasteiger partial charge in [0.05, 0.1) is 6.10 Å². The highest BCUT2D eigenvalue weighted by molar-refractivity contribution is 5.76. The van der Waals surface area contributed by atoms with Gasteiger partial charge in [-0.2, -0.15) is 0 Å². The average Bonchev–Trinajstić information content (AvgIpc) is 2.74. The van der Waals surface area contributed by atoms with E-state index in [1.54, 1.807) is 17.3 Å². The van der Waals surface area contributed by atoms with E-state index in [0.717, 1.165) is 12.0 Å². The number of aryl methyl sites for hydroxylation is 1. The second-order valence-corrected chi connectivity index (χ2v) is 4.14. The normalized spacial score (nSPS) is 20.1. The van der Waals surface area contributed by atoms with E-state index in [4.69, 9.17) is 0 Å². The number of likely N-dealkylation sites (tertiary alicyclic amines) is 1. The lowest BCUT2D eigenvalue weighted by molar-refractivity contribution is -0.130. The molecule has 2 rings (SSSR count). The van der Waals surface area contributed by atoms with Crippen molar-refractivity contribution in [2.45, 2.75) is 25.4 Å². The molecule has 0 saturated carbocycles. The van der Waals surface area contributed by atoms with Crippen molar-refractivity contribution in [3.63, 3.8) is 0 Å². The highest BCUT2D eigenvalue weighted by Crippen LogP contribution is 2.11. The smallest absolute Gasteiger partial charge is 0.222 e. The summed E-state index contributed by atoms with van der Waals surface area (Å²) in [6.45, 7) is 1.19. The van der Waals surface area contributed by atoms with Crippen LogP contribution in [0.15, 0.2) is 24.5 Å². The summed E-state index contributed by atoms with van der Waals surface area (Å²) in [4.78, 5) is 17.4. The van der Waals surface area contributed by atoms with Crippen molar-refractivity contribution in [1.82, 2.24) is 9.88 Å². The number of rotatable bonds is 3. The first-order chi connectivity index (χ1) is 7.75. The van der Waals surface area contributed by atoms with Crippen LogP contribution in [0, 0.1) is 0 Å². The molecule has 1 aliphatic rings. The summed E-state index contributed by atoms with van der Waals surface area (Å²) in [5.74, 6) is 0.133. The Balaban J connectivity index is 1.80. The van der Waals surface area contributed by atoms with E-state index < -0.39 is 0 Å². The molecule has 1 saturated heterocycles. The third kappa shape index (κ3) is 2.79. The first-order valence-corrected chi connectivity index (χ1v) is 5.60. The van der Waals surface area contributed by atoms with Gasteiger partial charge in [-0.3, -0.25) is 9.78 Å². The van der Waals surface area contributed by atoms with E-state index in [0.29, 0.717) is 25.9 Å². The maximum Gasteiger partial charge on any atom is 0.222 e. The molecule has 0 bridgehead atoms. The number of β-amino-alcohol motifs (C(OH)–C–C–N with tert-alkyl or cyclic N) is 1. The van der Waals surface area contributed by atoms with Crippen molar-refractivity contribution in [3.05, 3.63) is 30.1 Å². The summed E-state index contributed by atoms with van der Waals surface area (Å²) in [5, 5.41) is 9.33. The zero-order valence-corrected chi connectivity index (χ0v) is 9.17. The van der Waals surface area contributed by atoms with Gasteiger partial charge in [-0.15, -0.1) is 0 Å². The summed E-state index contributed by atoms with van der Waals surface area (Å²) >= 11 is 0. The number of hydrogen-bond donors (Lipinski definition) is 1. The van der Waals surface area contributed by atoms with Gasteiger partial charge < -0.3 is 10.0 Å². The summed E-state index contributed by atoms with van der Waals surface area (Å²) in [7, 11) is 0. The van der Waals surface area contributed by atoms with Crippen LogP contribution in [0.5, 0.6) is 0 Å². The maximum atomic E-state index is 11.8. The Morgan fingerprint density at radius 3 is 2.88 bits per heavy atom. The van der Waals surface area contributed by atoms with Gasteiger partial charge in [0.25, 0.3) is 0 Å². The minimum absolute atomic E-state index is 0.133. The molecule has 1 N–H and O–H groups in total. The number of hydrogen-bond acceptors (Lipinski definition) is 3. The van der Waals surface area contributed by atoms with Gasteiger partial charge in [-0.25, -0.2) is 0 Å². The van der Waals surface area contributed by atoms with Crippen molar-refractivity contribution < 1.29 is 9.90 Å². The number of aliphatic hydroxyl groups excluding tert-OH is 1. The molecule has 1 unspecified atom stereocenters. The third-order valence-corrected chi connectivity index (χ3v) is 2.89. The van der Waals surface area contributed by atoms with Crippen LogP contribution in [-0.2, 0) is 11.2 Å². The van der Waals surface area contributed by atoms with Crippen LogP contribution < -0.4 is 0 Å². The maximum absolute atomic E-state index is 11.8. The molecule has 1 amide bonds. The van der Waals surface area contributed by atoms with Crippen molar-refractivity contribution in [2.75, 3.05) is 13.1 Å². The van der Waals surface area contributed by atoms with Crippen molar-refractivity contribution in [2.24, 2.45) is 0 Å². The minimum Gasteiger partial charge on any atom is -0.391 e. The molecule has 86 valence electrons. The Morgan fingerprint density at radius 2 is 2.25 bits per heavy atom. The number of aromatic nitrogens is 1. The fraction of sp³-hybridized carbons (Fsp3) is 0.500. The lowest BCUT2D eigenvalue weighted by Gasteiger charge is -2.15. The second-order valence-electron chi connectivity index (χ2n) is 4.14. The molecule has 0 spiro atoms. The molecule has 1 atom stereocenters. The van der Waals surface area contributed by atoms with Crippen LogP contribution in [0.25, 0.3) is 0 Å². The highest BCUT2D eigenvalue weighted by Gasteiger charge is 2.23. The van der Waals surface area contributed by atoms with Gasteiger partial charge in [-0.1, -0.05) is 0 Å². The lowest BCUT2D eigenvalue weighted by atomic mass is 10.1. The molecule has 16 heavy (non-hydrogen) atoms. The lowest BCUT2D eigenvalue weighted by Crippen LogP contribution is -2.29. The zero-order valence-electron chi connectivity index (χ0n) is 9.17. The fourth-order valence-electron chi connectivity index (χ4n) is 1.93. The molecule has 1 fully saturated rings. The number of nitrogens with zero attached hydrogens (tertiary/aromatic N) is 2. The molecule has 2 heterocycles. The molecule has 4 heteroatoms. The number of carbonyl (C=O) groups excluding carboxylic acids is 1. The quantitative estimate of drug-likeness (QED) is 0.812. The molecule has 1 aromatic rings. The first-order valence-electron chi connectivity index (χ1n) is 5.60. The van der Waals surface area contributed by atoms with E-state index in [9.17, 15) is 9.90 Å². The van der Waals surface area contributed by atoms with Crippen LogP contribution >= 0.6 is 0 Å². The fourth-order valence-corrected chi connectivity index (χ4v) is 1.93. The number of aliphatic hydroxyl groups is 1. The highest BCUT2D eigenvalue weighted by atomic mass is 16.3. The molecular formula is C12H16N2O2. The Morgan fingerprint density at radius 1 is 1.50 bits per heavy atom. The van der Waals surface area contributed by atoms with Gasteiger partial charge >= 0.3 is 0 Å². The Labute approximate surface area is 94.9 Å². The number of carbonyl (C=O) groups is 1. The predicted octanol–water partition coefficient (Wildman–Crippen LogP) is 0.607. The van der Waals surface area contributed by atoms with Crippen molar-refractivity contribution in [3.8, 4) is 0 Å². The minimum atomic E-state index is -0.329. The molecule has 1 aromatic heterocycles. The summed E-state index contributed by atoms with van der Waals surface area (Å²) < 4.78 is 0. The van der Waals surface area contributed by atoms with Crippen LogP contribution in [0.1, 0.15) is 18.4 Å². The number of amides is 1. The van der Waals surface area contributed by atoms with Crippen LogP contribution in [0.4, 0.5) is 0 Å². The van der Waals surface area contributed by atoms with E-state index >= 15 is 0 Å². The van der Waals surface area contributed by atoms with Crippen LogP contribution in [0.3, 0.4) is 0 Å². The van der Waals surface area contributed by atoms with E-state index in [1.165, 1.54) is 0 Å². The average molecular weight is 220 g/mol. The molecule has 0 radical (unpaired) electrons. The predicted molar refractivity (Wildman–Crippen MR) is 59.8 cm³/mol. The molecular weight excluding hydrogens is 204 g/mol. The van der Waals surface area contributed by atoms with Crippen molar-refractivity contribution >= 4 is 5.91 Å². The standard InChI is InChI=1S/C12H16N2O2/c15-11-5-8-14(9-11)12(16)2-1-10-3-6-13-7-4-10/h3-4,6-7,11,15H,1-2,5,8-9H2. The van der Waals surface area contributed by atoms with Gasteiger partial charge in [-0.05, 0) is 30.5 Å². The molecule has 4 nitrogen and oxygen atoms in total. The SMILES string of the molecule is O=C(CCc1ccncc1)N1CCC(O)C1. The monoisotopic (exact) mass is 220 g/mol. The zero-order chi connectivity index (χ0) is 11.4. The van der Waals surface area contributed by atoms with Gasteiger partial charge in [0.2, 0.25) is 5.91 Å². The Hall–Kier alpha value is -1.42. The van der Waals surface area contributed by atoms with Crippen LogP contribution in [0.2, 0.25) is 0 Å². The molecule has 1 aliphatic heterocycles. The summed E-state index contributed by atoms with van der Waals surface area (Å²) in [6.07, 6.45) is 5.11. The second kappa shape index (κ2) is 5.07. The molecule has 0 aliphatic carbocycles. The third-order valence-electron chi connectivity index (χ3n) is 2.89. The topological polar surface area (TPSA) is 53.4 Å². The van der Waals surface area contributed by atoms with Gasteiger partial charge in [0.1, 0.15) is 0 Å². The van der Waals surface area contributed by atoms with E-state index in [1.807, 2.05) is 12.1 Å². The van der Waals surface area contributed by atoms with E-state index in [-0.39, 0.29) is 12.0 Å². The summed E-state index contributed by atoms with van der Waals surface area (Å²) in [6, 6.07) is 3.85. The van der Waals surface area contributed by atoms with Crippen molar-refractivity contribution in [1.29, 1.82) is 0 Å². The molecule has 0 aromatic carbocycles. The van der Waals surface area contributed by atoms with E-state index in [2.05, 4.69) is 4.98 Å². The number of pyridine rings is 1. The van der Waals surface area contributed by atoms with Crippen LogP contribution in [-0.4, -0.2) is 40.1 Å². The first kappa shape index (κ1) is 11.1. The largest absolute Gasteiger partial charge is 0.391 e. The Bertz CT molecular complexity index is 353. The Kier molecular flexibility index (Phi) is 3.51. The van der Waals surface area contributed by atoms with Gasteiger partial charge in [0, 0.05) is 31.9 Å². The van der Waals surface area contributed by atoms with Gasteiger partial charge in [0.15, 0.2) is 0 Å². The summed E-state index contributed by atoms with van der Waals surface area (Å²) in [5.41, 5.74) is 1.13.